The third-order valence-corrected chi connectivity index (χ3v) is 5.56. The van der Waals surface area contributed by atoms with Gasteiger partial charge in [0.2, 0.25) is 0 Å². The number of carbonyl (C=O) groups is 3. The van der Waals surface area contributed by atoms with Crippen molar-refractivity contribution in [2.75, 3.05) is 0 Å². The Kier molecular flexibility index (Phi) is 5.98. The van der Waals surface area contributed by atoms with Crippen LogP contribution in [-0.4, -0.2) is 33.7 Å². The summed E-state index contributed by atoms with van der Waals surface area (Å²) in [6.45, 7) is 0.0642. The lowest BCUT2D eigenvalue weighted by molar-refractivity contribution is -0.384. The number of barbiturate groups is 1. The molecule has 0 aromatic heterocycles. The second-order valence-corrected chi connectivity index (χ2v) is 7.68. The summed E-state index contributed by atoms with van der Waals surface area (Å²) in [4.78, 5) is 49.3. The van der Waals surface area contributed by atoms with E-state index in [1.165, 1.54) is 18.2 Å². The van der Waals surface area contributed by atoms with E-state index >= 15 is 0 Å². The van der Waals surface area contributed by atoms with Crippen LogP contribution in [0, 0.1) is 10.1 Å². The highest BCUT2D eigenvalue weighted by molar-refractivity contribution is 6.31. The lowest BCUT2D eigenvalue weighted by atomic mass is 10.0. The van der Waals surface area contributed by atoms with Gasteiger partial charge in [-0.25, -0.2) is 4.79 Å². The van der Waals surface area contributed by atoms with E-state index < -0.39 is 22.8 Å². The fourth-order valence-electron chi connectivity index (χ4n) is 3.97. The van der Waals surface area contributed by atoms with E-state index in [9.17, 15) is 24.5 Å². The van der Waals surface area contributed by atoms with E-state index in [2.05, 4.69) is 5.32 Å². The number of ether oxygens (including phenoxy) is 1. The largest absolute Gasteiger partial charge is 0.488 e. The lowest BCUT2D eigenvalue weighted by Gasteiger charge is -2.31. The van der Waals surface area contributed by atoms with Gasteiger partial charge in [0.1, 0.15) is 17.9 Å². The third-order valence-electron chi connectivity index (χ3n) is 5.56. The Balaban J connectivity index is 1.58. The highest BCUT2D eigenvalue weighted by Gasteiger charge is 2.40. The maximum atomic E-state index is 13.0. The van der Waals surface area contributed by atoms with Crippen LogP contribution < -0.4 is 10.1 Å². The van der Waals surface area contributed by atoms with Gasteiger partial charge in [-0.1, -0.05) is 43.2 Å². The summed E-state index contributed by atoms with van der Waals surface area (Å²) in [5.41, 5.74) is 0.911. The van der Waals surface area contributed by atoms with E-state index in [1.54, 1.807) is 36.4 Å². The van der Waals surface area contributed by atoms with Gasteiger partial charge in [-0.2, -0.15) is 0 Å². The van der Waals surface area contributed by atoms with Crippen molar-refractivity contribution in [2.45, 2.75) is 38.3 Å². The topological polar surface area (TPSA) is 119 Å². The Hall–Kier alpha value is -4.01. The van der Waals surface area contributed by atoms with Gasteiger partial charge in [-0.05, 0) is 30.5 Å². The molecule has 32 heavy (non-hydrogen) atoms. The maximum Gasteiger partial charge on any atom is 0.331 e. The molecule has 4 amide bonds. The van der Waals surface area contributed by atoms with Crippen molar-refractivity contribution >= 4 is 29.6 Å². The zero-order valence-corrected chi connectivity index (χ0v) is 17.2. The number of benzene rings is 2. The quantitative estimate of drug-likeness (QED) is 0.321. The molecule has 9 nitrogen and oxygen atoms in total. The summed E-state index contributed by atoms with van der Waals surface area (Å²) in [6, 6.07) is 12.0. The van der Waals surface area contributed by atoms with Crippen molar-refractivity contribution < 1.29 is 24.0 Å². The molecular formula is C23H21N3O6. The van der Waals surface area contributed by atoms with Gasteiger partial charge in [0, 0.05) is 23.7 Å². The molecule has 1 heterocycles. The van der Waals surface area contributed by atoms with E-state index in [1.807, 2.05) is 0 Å². The molecule has 0 atom stereocenters. The minimum Gasteiger partial charge on any atom is -0.488 e. The Morgan fingerprint density at radius 1 is 1.09 bits per heavy atom. The van der Waals surface area contributed by atoms with Crippen LogP contribution in [0.2, 0.25) is 0 Å². The van der Waals surface area contributed by atoms with Crippen LogP contribution in [-0.2, 0) is 16.2 Å². The second-order valence-electron chi connectivity index (χ2n) is 7.68. The summed E-state index contributed by atoms with van der Waals surface area (Å²) in [5, 5.41) is 13.2. The van der Waals surface area contributed by atoms with Crippen molar-refractivity contribution in [3.8, 4) is 5.75 Å². The number of para-hydroxylation sites is 1. The van der Waals surface area contributed by atoms with Crippen LogP contribution in [0.25, 0.3) is 6.08 Å². The number of rotatable bonds is 6. The molecule has 2 aromatic rings. The van der Waals surface area contributed by atoms with Crippen molar-refractivity contribution in [2.24, 2.45) is 0 Å². The molecule has 164 valence electrons. The van der Waals surface area contributed by atoms with Gasteiger partial charge in [0.05, 0.1) is 4.92 Å². The average molecular weight is 435 g/mol. The number of amides is 4. The maximum absolute atomic E-state index is 13.0. The molecule has 9 heteroatoms. The summed E-state index contributed by atoms with van der Waals surface area (Å²) in [5.74, 6) is -0.960. The molecule has 1 aliphatic heterocycles. The third kappa shape index (κ3) is 4.36. The van der Waals surface area contributed by atoms with Gasteiger partial charge in [0.25, 0.3) is 17.5 Å². The number of nitro groups is 1. The van der Waals surface area contributed by atoms with Crippen LogP contribution in [0.4, 0.5) is 10.5 Å². The molecule has 0 spiro atoms. The van der Waals surface area contributed by atoms with E-state index in [-0.39, 0.29) is 23.9 Å². The summed E-state index contributed by atoms with van der Waals surface area (Å²) in [7, 11) is 0. The van der Waals surface area contributed by atoms with E-state index in [4.69, 9.17) is 4.74 Å². The number of imide groups is 2. The summed E-state index contributed by atoms with van der Waals surface area (Å²) >= 11 is 0. The standard InChI is InChI=1S/C23H21N3O6/c27-21-19(22(28)25(23(29)24-21)17-8-2-3-9-17)13-16-7-1-4-11-20(16)32-14-15-6-5-10-18(12-15)26(30)31/h1,4-7,10-13,17H,2-3,8-9,14H2,(H,24,27,29)/b19-13+. The van der Waals surface area contributed by atoms with Crippen molar-refractivity contribution in [1.82, 2.24) is 10.2 Å². The Morgan fingerprint density at radius 3 is 2.59 bits per heavy atom. The molecule has 0 unspecified atom stereocenters. The number of hydrogen-bond donors (Lipinski definition) is 1. The van der Waals surface area contributed by atoms with Crippen LogP contribution in [0.1, 0.15) is 36.8 Å². The predicted octanol–water partition coefficient (Wildman–Crippen LogP) is 3.58. The highest BCUT2D eigenvalue weighted by Crippen LogP contribution is 2.29. The number of urea groups is 1. The number of hydrogen-bond acceptors (Lipinski definition) is 6. The van der Waals surface area contributed by atoms with Crippen LogP contribution >= 0.6 is 0 Å². The van der Waals surface area contributed by atoms with Crippen molar-refractivity contribution in [3.05, 3.63) is 75.3 Å². The summed E-state index contributed by atoms with van der Waals surface area (Å²) in [6.07, 6.45) is 4.73. The van der Waals surface area contributed by atoms with Gasteiger partial charge in [0.15, 0.2) is 0 Å². The van der Waals surface area contributed by atoms with Gasteiger partial charge in [-0.15, -0.1) is 0 Å². The smallest absolute Gasteiger partial charge is 0.331 e. The number of non-ortho nitro benzene ring substituents is 1. The van der Waals surface area contributed by atoms with Crippen LogP contribution in [0.3, 0.4) is 0 Å². The number of nitro benzene ring substituents is 1. The normalized spacial score (nSPS) is 18.2. The Labute approximate surface area is 183 Å². The minimum absolute atomic E-state index is 0.0392. The highest BCUT2D eigenvalue weighted by atomic mass is 16.6. The second kappa shape index (κ2) is 9.01. The SMILES string of the molecule is O=C1NC(=O)N(C2CCCC2)C(=O)/C1=C/c1ccccc1OCc1cccc([N+](=O)[O-])c1. The first-order valence-electron chi connectivity index (χ1n) is 10.3. The number of nitrogens with one attached hydrogen (secondary N) is 1. The number of carbonyl (C=O) groups excluding carboxylic acids is 3. The molecule has 2 aliphatic rings. The summed E-state index contributed by atoms with van der Waals surface area (Å²) < 4.78 is 5.83. The van der Waals surface area contributed by atoms with Crippen molar-refractivity contribution in [3.63, 3.8) is 0 Å². The minimum atomic E-state index is -0.747. The van der Waals surface area contributed by atoms with E-state index in [0.717, 1.165) is 30.6 Å². The van der Waals surface area contributed by atoms with Crippen molar-refractivity contribution in [1.29, 1.82) is 0 Å². The Morgan fingerprint density at radius 2 is 1.84 bits per heavy atom. The molecule has 2 fully saturated rings. The molecule has 0 radical (unpaired) electrons. The molecule has 0 bridgehead atoms. The molecule has 1 saturated heterocycles. The molecule has 1 saturated carbocycles. The van der Waals surface area contributed by atoms with Gasteiger partial charge < -0.3 is 4.74 Å². The molecule has 1 aliphatic carbocycles. The first-order chi connectivity index (χ1) is 15.4. The molecule has 4 rings (SSSR count). The van der Waals surface area contributed by atoms with Gasteiger partial charge in [-0.3, -0.25) is 29.9 Å². The van der Waals surface area contributed by atoms with E-state index in [0.29, 0.717) is 16.9 Å². The predicted molar refractivity (Wildman–Crippen MR) is 114 cm³/mol. The molecule has 1 N–H and O–H groups in total. The first-order valence-corrected chi connectivity index (χ1v) is 10.3. The zero-order valence-electron chi connectivity index (χ0n) is 17.2. The Bertz CT molecular complexity index is 1120. The lowest BCUT2D eigenvalue weighted by Crippen LogP contribution is -2.57. The molecular weight excluding hydrogens is 414 g/mol. The monoisotopic (exact) mass is 435 g/mol. The first kappa shape index (κ1) is 21.2. The van der Waals surface area contributed by atoms with Gasteiger partial charge >= 0.3 is 6.03 Å². The average Bonchev–Trinajstić information content (AvgIpc) is 3.30. The molecule has 2 aromatic carbocycles. The van der Waals surface area contributed by atoms with Crippen LogP contribution in [0.15, 0.2) is 54.1 Å². The van der Waals surface area contributed by atoms with Crippen LogP contribution in [0.5, 0.6) is 5.75 Å². The fourth-order valence-corrected chi connectivity index (χ4v) is 3.97. The number of nitrogens with zero attached hydrogens (tertiary/aromatic N) is 2. The fraction of sp³-hybridized carbons (Fsp3) is 0.261. The zero-order chi connectivity index (χ0) is 22.7.